The van der Waals surface area contributed by atoms with Crippen LogP contribution in [0.2, 0.25) is 0 Å². The Morgan fingerprint density at radius 2 is 1.37 bits per heavy atom. The fraction of sp³-hybridized carbons (Fsp3) is 0.833. The molecule has 2 rings (SSSR count). The van der Waals surface area contributed by atoms with Crippen molar-refractivity contribution in [3.63, 3.8) is 0 Å². The molecule has 0 amide bonds. The van der Waals surface area contributed by atoms with E-state index in [-0.39, 0.29) is 57.8 Å². The average molecular weight is 547 g/mol. The number of nitrogens with zero attached hydrogens (tertiary/aromatic N) is 3. The van der Waals surface area contributed by atoms with Gasteiger partial charge >= 0.3 is 23.9 Å². The topological polar surface area (TPSA) is 200 Å². The number of carbonyl (C=O) groups is 4. The third-order valence-electron chi connectivity index (χ3n) is 7.05. The molecule has 2 fully saturated rings. The predicted molar refractivity (Wildman–Crippen MR) is 134 cm³/mol. The van der Waals surface area contributed by atoms with Crippen molar-refractivity contribution < 1.29 is 49.4 Å². The monoisotopic (exact) mass is 546 g/mol. The van der Waals surface area contributed by atoms with Crippen molar-refractivity contribution >= 4 is 23.9 Å². The number of rotatable bonds is 12. The minimum absolute atomic E-state index is 0.00336. The smallest absolute Gasteiger partial charge is 0.317 e. The lowest BCUT2D eigenvalue weighted by atomic mass is 9.87. The van der Waals surface area contributed by atoms with Gasteiger partial charge in [0.1, 0.15) is 0 Å². The molecule has 0 aromatic heterocycles. The van der Waals surface area contributed by atoms with Crippen molar-refractivity contribution in [3.05, 3.63) is 0 Å². The van der Waals surface area contributed by atoms with E-state index in [0.717, 1.165) is 0 Å². The molecule has 1 aliphatic carbocycles. The maximum absolute atomic E-state index is 11.6. The first-order valence-corrected chi connectivity index (χ1v) is 13.1. The van der Waals surface area contributed by atoms with Crippen molar-refractivity contribution in [2.45, 2.75) is 50.4 Å². The molecule has 218 valence electrons. The summed E-state index contributed by atoms with van der Waals surface area (Å²) in [7, 11) is 0. The van der Waals surface area contributed by atoms with E-state index in [1.165, 1.54) is 0 Å². The number of carboxylic acid groups (broad SMARTS) is 4. The number of hydrogen-bond donors (Lipinski definition) is 6. The molecule has 0 aromatic carbocycles. The molecule has 14 heteroatoms. The summed E-state index contributed by atoms with van der Waals surface area (Å²) in [5, 5.41) is 51.3. The lowest BCUT2D eigenvalue weighted by Crippen LogP contribution is -2.53. The molecule has 2 unspecified atom stereocenters. The van der Waals surface area contributed by atoms with E-state index in [1.54, 1.807) is 14.7 Å². The van der Waals surface area contributed by atoms with Gasteiger partial charge in [0.2, 0.25) is 0 Å². The van der Waals surface area contributed by atoms with E-state index >= 15 is 0 Å². The number of aliphatic hydroxyl groups excluding tert-OH is 1. The Labute approximate surface area is 222 Å². The highest BCUT2D eigenvalue weighted by atomic mass is 16.5. The molecule has 1 saturated heterocycles. The maximum atomic E-state index is 11.6. The summed E-state index contributed by atoms with van der Waals surface area (Å²) in [6.07, 6.45) is 1.26. The van der Waals surface area contributed by atoms with Crippen LogP contribution in [-0.2, 0) is 23.9 Å². The number of ether oxygens (including phenoxy) is 1. The van der Waals surface area contributed by atoms with Gasteiger partial charge in [-0.25, -0.2) is 0 Å². The predicted octanol–water partition coefficient (Wildman–Crippen LogP) is -1.47. The Balaban J connectivity index is 2.08. The minimum atomic E-state index is -1.06. The fourth-order valence-electron chi connectivity index (χ4n) is 5.06. The molecular weight excluding hydrogens is 504 g/mol. The third kappa shape index (κ3) is 12.5. The van der Waals surface area contributed by atoms with Crippen LogP contribution in [0.3, 0.4) is 0 Å². The third-order valence-corrected chi connectivity index (χ3v) is 7.05. The highest BCUT2D eigenvalue weighted by Gasteiger charge is 2.30. The maximum Gasteiger partial charge on any atom is 0.317 e. The van der Waals surface area contributed by atoms with Gasteiger partial charge in [-0.15, -0.1) is 0 Å². The van der Waals surface area contributed by atoms with Gasteiger partial charge < -0.3 is 35.6 Å². The number of hydrogen-bond acceptors (Lipinski definition) is 10. The Morgan fingerprint density at radius 3 is 1.97 bits per heavy atom. The molecule has 1 aliphatic heterocycles. The first-order chi connectivity index (χ1) is 18.0. The molecule has 0 spiro atoms. The zero-order valence-corrected chi connectivity index (χ0v) is 21.7. The first kappa shape index (κ1) is 31.9. The Hall–Kier alpha value is -2.36. The Bertz CT molecular complexity index is 777. The van der Waals surface area contributed by atoms with Crippen LogP contribution < -0.4 is 5.32 Å². The molecular formula is C24H42N4O10. The van der Waals surface area contributed by atoms with Gasteiger partial charge in [-0.3, -0.25) is 33.9 Å². The SMILES string of the molecule is O=C(O)CN1CCNCCN(CC(=O)O)C(CC(O)COC2CCC(C(=O)O)CC2)CN(CC(=O)O)CC1. The zero-order chi connectivity index (χ0) is 28.1. The number of aliphatic hydroxyl groups is 1. The second-order valence-corrected chi connectivity index (χ2v) is 10.1. The second kappa shape index (κ2) is 16.6. The van der Waals surface area contributed by atoms with Crippen LogP contribution in [0.1, 0.15) is 32.1 Å². The molecule has 2 atom stereocenters. The number of aliphatic carboxylic acids is 4. The summed E-state index contributed by atoms with van der Waals surface area (Å²) in [6.45, 7) is 1.67. The van der Waals surface area contributed by atoms with E-state index in [4.69, 9.17) is 9.84 Å². The van der Waals surface area contributed by atoms with Crippen LogP contribution in [0, 0.1) is 5.92 Å². The highest BCUT2D eigenvalue weighted by molar-refractivity contribution is 5.70. The van der Waals surface area contributed by atoms with E-state index in [1.807, 2.05) is 0 Å². The van der Waals surface area contributed by atoms with Crippen LogP contribution in [0.4, 0.5) is 0 Å². The molecule has 2 aliphatic rings. The van der Waals surface area contributed by atoms with Gasteiger partial charge in [-0.1, -0.05) is 0 Å². The van der Waals surface area contributed by atoms with Gasteiger partial charge in [-0.2, -0.15) is 0 Å². The Kier molecular flexibility index (Phi) is 13.9. The van der Waals surface area contributed by atoms with Crippen LogP contribution in [0.15, 0.2) is 0 Å². The van der Waals surface area contributed by atoms with Crippen LogP contribution in [-0.4, -0.2) is 154 Å². The molecule has 38 heavy (non-hydrogen) atoms. The van der Waals surface area contributed by atoms with Gasteiger partial charge in [0.15, 0.2) is 0 Å². The van der Waals surface area contributed by atoms with Crippen molar-refractivity contribution in [3.8, 4) is 0 Å². The quantitative estimate of drug-likeness (QED) is 0.166. The lowest BCUT2D eigenvalue weighted by Gasteiger charge is -2.37. The number of carboxylic acids is 4. The van der Waals surface area contributed by atoms with E-state index in [9.17, 15) is 39.6 Å². The van der Waals surface area contributed by atoms with Gasteiger partial charge in [0, 0.05) is 51.9 Å². The van der Waals surface area contributed by atoms with Gasteiger partial charge in [0.05, 0.1) is 44.4 Å². The molecule has 14 nitrogen and oxygen atoms in total. The molecule has 0 aromatic rings. The number of nitrogens with one attached hydrogen (secondary N) is 1. The van der Waals surface area contributed by atoms with E-state index < -0.39 is 36.0 Å². The average Bonchev–Trinajstić information content (AvgIpc) is 2.83. The molecule has 1 heterocycles. The minimum Gasteiger partial charge on any atom is -0.481 e. The standard InChI is InChI=1S/C24H42N4O10/c29-19(16-38-20-3-1-17(2-4-20)24(36)37)11-18-12-27(14-22(32)33)10-9-26(13-21(30)31)7-5-25-6-8-28(18)15-23(34)35/h17-20,25,29H,1-16H2,(H,30,31)(H,32,33)(H,34,35)(H,36,37). The summed E-state index contributed by atoms with van der Waals surface area (Å²) in [4.78, 5) is 50.7. The lowest BCUT2D eigenvalue weighted by molar-refractivity contribution is -0.144. The summed E-state index contributed by atoms with van der Waals surface area (Å²) < 4.78 is 5.85. The Morgan fingerprint density at radius 1 is 0.789 bits per heavy atom. The molecule has 0 radical (unpaired) electrons. The van der Waals surface area contributed by atoms with Crippen LogP contribution in [0.5, 0.6) is 0 Å². The summed E-state index contributed by atoms with van der Waals surface area (Å²) in [5.41, 5.74) is 0. The summed E-state index contributed by atoms with van der Waals surface area (Å²) >= 11 is 0. The van der Waals surface area contributed by atoms with Crippen molar-refractivity contribution in [1.29, 1.82) is 0 Å². The van der Waals surface area contributed by atoms with E-state index in [2.05, 4.69) is 5.32 Å². The highest BCUT2D eigenvalue weighted by Crippen LogP contribution is 2.26. The van der Waals surface area contributed by atoms with Crippen molar-refractivity contribution in [1.82, 2.24) is 20.0 Å². The largest absolute Gasteiger partial charge is 0.481 e. The molecule has 6 N–H and O–H groups in total. The van der Waals surface area contributed by atoms with Gasteiger partial charge in [0.25, 0.3) is 0 Å². The first-order valence-electron chi connectivity index (χ1n) is 13.1. The van der Waals surface area contributed by atoms with Crippen LogP contribution >= 0.6 is 0 Å². The van der Waals surface area contributed by atoms with Crippen LogP contribution in [0.25, 0.3) is 0 Å². The van der Waals surface area contributed by atoms with Crippen molar-refractivity contribution in [2.75, 3.05) is 72.1 Å². The summed E-state index contributed by atoms with van der Waals surface area (Å²) in [6, 6.07) is -0.499. The zero-order valence-electron chi connectivity index (χ0n) is 21.7. The normalized spacial score (nSPS) is 26.1. The van der Waals surface area contributed by atoms with E-state index in [0.29, 0.717) is 58.4 Å². The van der Waals surface area contributed by atoms with Crippen molar-refractivity contribution in [2.24, 2.45) is 5.92 Å². The molecule has 0 bridgehead atoms. The summed E-state index contributed by atoms with van der Waals surface area (Å²) in [5.74, 6) is -4.27. The van der Waals surface area contributed by atoms with Gasteiger partial charge in [-0.05, 0) is 32.1 Å². The second-order valence-electron chi connectivity index (χ2n) is 10.1. The fourth-order valence-corrected chi connectivity index (χ4v) is 5.06. The molecule has 1 saturated carbocycles.